The summed E-state index contributed by atoms with van der Waals surface area (Å²) in [5.41, 5.74) is 4.51. The summed E-state index contributed by atoms with van der Waals surface area (Å²) < 4.78 is 0. The topological polar surface area (TPSA) is 42.0 Å². The monoisotopic (exact) mass is 350 g/mol. The molecule has 4 heteroatoms. The van der Waals surface area contributed by atoms with Crippen molar-refractivity contribution in [2.75, 3.05) is 0 Å². The zero-order valence-electron chi connectivity index (χ0n) is 14.6. The summed E-state index contributed by atoms with van der Waals surface area (Å²) in [7, 11) is 0. The smallest absolute Gasteiger partial charge is 0.227 e. The van der Waals surface area contributed by atoms with E-state index in [-0.39, 0.29) is 5.91 Å². The first-order chi connectivity index (χ1) is 12.2. The van der Waals surface area contributed by atoms with E-state index in [0.29, 0.717) is 13.0 Å². The van der Waals surface area contributed by atoms with Gasteiger partial charge in [0.1, 0.15) is 5.01 Å². The second-order valence-corrected chi connectivity index (χ2v) is 7.29. The number of thiazole rings is 1. The SMILES string of the molecule is CCc1ccc(-c2nc(CC(=O)NCc3ccccc3)sc2C)cc1. The second-order valence-electron chi connectivity index (χ2n) is 6.00. The van der Waals surface area contributed by atoms with Gasteiger partial charge in [-0.2, -0.15) is 0 Å². The summed E-state index contributed by atoms with van der Waals surface area (Å²) in [6.45, 7) is 4.76. The molecule has 0 aliphatic heterocycles. The molecule has 1 aromatic heterocycles. The molecule has 0 saturated heterocycles. The van der Waals surface area contributed by atoms with Crippen LogP contribution in [-0.2, 0) is 24.2 Å². The molecule has 0 atom stereocenters. The van der Waals surface area contributed by atoms with E-state index in [1.165, 1.54) is 5.56 Å². The molecule has 0 bridgehead atoms. The van der Waals surface area contributed by atoms with E-state index in [1.54, 1.807) is 11.3 Å². The molecule has 0 spiro atoms. The van der Waals surface area contributed by atoms with Crippen molar-refractivity contribution < 1.29 is 4.79 Å². The molecule has 0 radical (unpaired) electrons. The van der Waals surface area contributed by atoms with Crippen molar-refractivity contribution in [3.05, 3.63) is 75.6 Å². The molecule has 1 N–H and O–H groups in total. The number of rotatable bonds is 6. The Bertz CT molecular complexity index is 838. The Morgan fingerprint density at radius 1 is 1.04 bits per heavy atom. The number of carbonyl (C=O) groups excluding carboxylic acids is 1. The molecule has 0 unspecified atom stereocenters. The number of nitrogens with one attached hydrogen (secondary N) is 1. The number of nitrogens with zero attached hydrogens (tertiary/aromatic N) is 1. The minimum Gasteiger partial charge on any atom is -0.352 e. The first-order valence-corrected chi connectivity index (χ1v) is 9.33. The number of carbonyl (C=O) groups is 1. The van der Waals surface area contributed by atoms with E-state index in [2.05, 4.69) is 48.4 Å². The second kappa shape index (κ2) is 8.08. The van der Waals surface area contributed by atoms with Crippen LogP contribution in [0.1, 0.15) is 27.9 Å². The molecule has 0 aliphatic rings. The van der Waals surface area contributed by atoms with Crippen LogP contribution >= 0.6 is 11.3 Å². The van der Waals surface area contributed by atoms with Gasteiger partial charge in [-0.25, -0.2) is 4.98 Å². The summed E-state index contributed by atoms with van der Waals surface area (Å²) >= 11 is 1.60. The average molecular weight is 350 g/mol. The first-order valence-electron chi connectivity index (χ1n) is 8.52. The lowest BCUT2D eigenvalue weighted by Gasteiger charge is -2.03. The van der Waals surface area contributed by atoms with Crippen LogP contribution in [-0.4, -0.2) is 10.9 Å². The number of benzene rings is 2. The summed E-state index contributed by atoms with van der Waals surface area (Å²) in [6.07, 6.45) is 1.36. The highest BCUT2D eigenvalue weighted by Gasteiger charge is 2.12. The lowest BCUT2D eigenvalue weighted by Crippen LogP contribution is -2.24. The van der Waals surface area contributed by atoms with E-state index in [9.17, 15) is 4.79 Å². The normalized spacial score (nSPS) is 10.6. The summed E-state index contributed by atoms with van der Waals surface area (Å²) in [5.74, 6) is 0.00508. The first kappa shape index (κ1) is 17.4. The van der Waals surface area contributed by atoms with Crippen molar-refractivity contribution >= 4 is 17.2 Å². The van der Waals surface area contributed by atoms with E-state index in [4.69, 9.17) is 0 Å². The van der Waals surface area contributed by atoms with Gasteiger partial charge in [-0.3, -0.25) is 4.79 Å². The molecule has 3 rings (SSSR count). The van der Waals surface area contributed by atoms with Crippen LogP contribution in [0.5, 0.6) is 0 Å². The van der Waals surface area contributed by atoms with Gasteiger partial charge in [0.2, 0.25) is 5.91 Å². The number of aromatic nitrogens is 1. The van der Waals surface area contributed by atoms with Crippen LogP contribution in [0.15, 0.2) is 54.6 Å². The van der Waals surface area contributed by atoms with Crippen molar-refractivity contribution in [1.82, 2.24) is 10.3 Å². The fraction of sp³-hybridized carbons (Fsp3) is 0.238. The minimum atomic E-state index is 0.00508. The van der Waals surface area contributed by atoms with Crippen LogP contribution in [0.4, 0.5) is 0 Å². The Hall–Kier alpha value is -2.46. The predicted molar refractivity (Wildman–Crippen MR) is 104 cm³/mol. The molecule has 0 aliphatic carbocycles. The van der Waals surface area contributed by atoms with Crippen LogP contribution in [0, 0.1) is 6.92 Å². The third-order valence-corrected chi connectivity index (χ3v) is 5.09. The molecule has 1 amide bonds. The van der Waals surface area contributed by atoms with Gasteiger partial charge >= 0.3 is 0 Å². The van der Waals surface area contributed by atoms with Crippen LogP contribution in [0.2, 0.25) is 0 Å². The molecule has 1 heterocycles. The number of hydrogen-bond acceptors (Lipinski definition) is 3. The molecule has 25 heavy (non-hydrogen) atoms. The van der Waals surface area contributed by atoms with Crippen molar-refractivity contribution in [2.45, 2.75) is 33.2 Å². The van der Waals surface area contributed by atoms with Gasteiger partial charge < -0.3 is 5.32 Å². The largest absolute Gasteiger partial charge is 0.352 e. The maximum Gasteiger partial charge on any atom is 0.227 e. The lowest BCUT2D eigenvalue weighted by atomic mass is 10.1. The maximum atomic E-state index is 12.2. The molecule has 0 fully saturated rings. The summed E-state index contributed by atoms with van der Waals surface area (Å²) in [5, 5.41) is 3.82. The quantitative estimate of drug-likeness (QED) is 0.709. The lowest BCUT2D eigenvalue weighted by molar-refractivity contribution is -0.120. The Morgan fingerprint density at radius 2 is 1.76 bits per heavy atom. The van der Waals surface area contributed by atoms with Crippen molar-refractivity contribution in [3.8, 4) is 11.3 Å². The molecule has 128 valence electrons. The fourth-order valence-electron chi connectivity index (χ4n) is 2.69. The summed E-state index contributed by atoms with van der Waals surface area (Å²) in [4.78, 5) is 18.0. The molecule has 2 aromatic carbocycles. The van der Waals surface area contributed by atoms with Gasteiger partial charge in [-0.1, -0.05) is 61.5 Å². The molecule has 0 saturated carbocycles. The van der Waals surface area contributed by atoms with Gasteiger partial charge in [0.05, 0.1) is 12.1 Å². The zero-order chi connectivity index (χ0) is 17.6. The molecular weight excluding hydrogens is 328 g/mol. The van der Waals surface area contributed by atoms with Gasteiger partial charge in [0.25, 0.3) is 0 Å². The van der Waals surface area contributed by atoms with Crippen LogP contribution in [0.3, 0.4) is 0 Å². The Kier molecular flexibility index (Phi) is 5.61. The number of aryl methyl sites for hydroxylation is 2. The van der Waals surface area contributed by atoms with E-state index < -0.39 is 0 Å². The van der Waals surface area contributed by atoms with E-state index in [1.807, 2.05) is 30.3 Å². The third kappa shape index (κ3) is 4.54. The third-order valence-electron chi connectivity index (χ3n) is 4.12. The summed E-state index contributed by atoms with van der Waals surface area (Å²) in [6, 6.07) is 18.4. The Morgan fingerprint density at radius 3 is 2.44 bits per heavy atom. The zero-order valence-corrected chi connectivity index (χ0v) is 15.4. The van der Waals surface area contributed by atoms with Crippen LogP contribution < -0.4 is 5.32 Å². The number of hydrogen-bond donors (Lipinski definition) is 1. The average Bonchev–Trinajstić information content (AvgIpc) is 3.01. The fourth-order valence-corrected chi connectivity index (χ4v) is 3.64. The van der Waals surface area contributed by atoms with Crippen molar-refractivity contribution in [2.24, 2.45) is 0 Å². The minimum absolute atomic E-state index is 0.00508. The van der Waals surface area contributed by atoms with Crippen molar-refractivity contribution in [3.63, 3.8) is 0 Å². The molecular formula is C21H22N2OS. The van der Waals surface area contributed by atoms with Crippen molar-refractivity contribution in [1.29, 1.82) is 0 Å². The molecule has 3 aromatic rings. The Balaban J connectivity index is 1.64. The van der Waals surface area contributed by atoms with E-state index >= 15 is 0 Å². The van der Waals surface area contributed by atoms with Crippen LogP contribution in [0.25, 0.3) is 11.3 Å². The van der Waals surface area contributed by atoms with E-state index in [0.717, 1.165) is 33.1 Å². The van der Waals surface area contributed by atoms with Gasteiger partial charge in [-0.15, -0.1) is 11.3 Å². The number of amides is 1. The standard InChI is InChI=1S/C21H22N2OS/c1-3-16-9-11-18(12-10-16)21-15(2)25-20(23-21)13-19(24)22-14-17-7-5-4-6-8-17/h4-12H,3,13-14H2,1-2H3,(H,22,24). The maximum absolute atomic E-state index is 12.2. The Labute approximate surface area is 152 Å². The highest BCUT2D eigenvalue weighted by Crippen LogP contribution is 2.28. The molecule has 3 nitrogen and oxygen atoms in total. The highest BCUT2D eigenvalue weighted by molar-refractivity contribution is 7.12. The van der Waals surface area contributed by atoms with Gasteiger partial charge in [0.15, 0.2) is 0 Å². The van der Waals surface area contributed by atoms with Gasteiger partial charge in [-0.05, 0) is 24.5 Å². The predicted octanol–water partition coefficient (Wildman–Crippen LogP) is 4.54. The van der Waals surface area contributed by atoms with Gasteiger partial charge in [0, 0.05) is 17.0 Å². The highest BCUT2D eigenvalue weighted by atomic mass is 32.1.